The monoisotopic (exact) mass is 1110 g/mol. The summed E-state index contributed by atoms with van der Waals surface area (Å²) in [5.41, 5.74) is -28.9. The van der Waals surface area contributed by atoms with Crippen molar-refractivity contribution in [3.8, 4) is 0 Å². The van der Waals surface area contributed by atoms with Crippen molar-refractivity contribution in [1.29, 1.82) is 0 Å². The second-order valence-corrected chi connectivity index (χ2v) is 16.3. The molecule has 71 heavy (non-hydrogen) atoms. The fraction of sp³-hybridized carbons (Fsp3) is 0.205. The Morgan fingerprint density at radius 1 is 0.310 bits per heavy atom. The van der Waals surface area contributed by atoms with Crippen LogP contribution in [0.4, 0.5) is 105 Å². The first-order valence-corrected chi connectivity index (χ1v) is 19.9. The summed E-state index contributed by atoms with van der Waals surface area (Å²) in [6.07, 6.45) is -50.7. The Hall–Kier alpha value is -5.89. The predicted molar refractivity (Wildman–Crippen MR) is 210 cm³/mol. The highest BCUT2D eigenvalue weighted by Gasteiger charge is 2.47. The van der Waals surface area contributed by atoms with E-state index in [9.17, 15) is 105 Å². The standard InChI is InChI=1S/C32H12BF24.C12H11BrN/c34-25(35,36)13-1-14(26(37,38)39)6-21(5-13)33(22-7-15(27(40,41)42)2-16(8-22)28(43,44)45,23-9-17(29(46,47)48)3-18(10-23)30(49,50)51)24-11-19(31(52,53)54)4-20(12-24)32(55,56)57;13-12-6-4-11(5-7-12)10-14-8-2-1-3-9-14/h1-12H;1-9H,10H2/q-1;+1. The predicted octanol–water partition coefficient (Wildman–Crippen LogP) is 14.0. The van der Waals surface area contributed by atoms with Crippen LogP contribution >= 0.6 is 15.9 Å². The Balaban J connectivity index is 0.000000569. The Bertz CT molecular complexity index is 2400. The van der Waals surface area contributed by atoms with Gasteiger partial charge in [-0.25, -0.2) is 4.57 Å². The molecule has 0 aliphatic carbocycles. The van der Waals surface area contributed by atoms with Gasteiger partial charge in [0.25, 0.3) is 0 Å². The minimum Gasteiger partial charge on any atom is -0.201 e. The van der Waals surface area contributed by atoms with E-state index in [1.54, 1.807) is 0 Å². The fourth-order valence-corrected chi connectivity index (χ4v) is 7.68. The molecule has 0 amide bonds. The van der Waals surface area contributed by atoms with E-state index in [0.717, 1.165) is 11.0 Å². The summed E-state index contributed by atoms with van der Waals surface area (Å²) in [6, 6.07) is 5.69. The van der Waals surface area contributed by atoms with E-state index in [1.165, 1.54) is 5.56 Å². The molecule has 0 unspecified atom stereocenters. The zero-order valence-corrected chi connectivity index (χ0v) is 35.9. The van der Waals surface area contributed by atoms with Crippen LogP contribution in [0.5, 0.6) is 0 Å². The number of alkyl halides is 24. The maximum Gasteiger partial charge on any atom is 0.416 e. The number of nitrogens with zero attached hydrogens (tertiary/aromatic N) is 1. The first-order chi connectivity index (χ1) is 32.1. The van der Waals surface area contributed by atoms with Crippen molar-refractivity contribution in [3.05, 3.63) is 182 Å². The first kappa shape index (κ1) is 56.0. The van der Waals surface area contributed by atoms with E-state index in [4.69, 9.17) is 0 Å². The van der Waals surface area contributed by atoms with Gasteiger partial charge < -0.3 is 0 Å². The van der Waals surface area contributed by atoms with Crippen molar-refractivity contribution in [2.45, 2.75) is 56.0 Å². The molecular formula is C44H23BBrF24N. The van der Waals surface area contributed by atoms with Gasteiger partial charge in [0, 0.05) is 22.2 Å². The molecule has 6 rings (SSSR count). The normalized spacial score (nSPS) is 13.5. The second-order valence-electron chi connectivity index (χ2n) is 15.4. The minimum atomic E-state index is -6.13. The smallest absolute Gasteiger partial charge is 0.201 e. The topological polar surface area (TPSA) is 3.88 Å². The number of rotatable bonds is 6. The summed E-state index contributed by atoms with van der Waals surface area (Å²) in [5, 5.41) is 0. The van der Waals surface area contributed by atoms with Gasteiger partial charge in [-0.15, -0.1) is 0 Å². The summed E-state index contributed by atoms with van der Waals surface area (Å²) in [6.45, 7) is 0.925. The molecule has 0 saturated heterocycles. The van der Waals surface area contributed by atoms with Crippen LogP contribution in [0.2, 0.25) is 0 Å². The Morgan fingerprint density at radius 2 is 0.521 bits per heavy atom. The number of benzene rings is 5. The average Bonchev–Trinajstić information content (AvgIpc) is 3.22. The SMILES string of the molecule is Brc1ccc(C[n+]2ccccc2)cc1.FC(F)(F)c1cc([B-](c2cc(C(F)(F)F)cc(C(F)(F)F)c2)(c2cc(C(F)(F)F)cc(C(F)(F)F)c2)c2cc(C(F)(F)F)cc(C(F)(F)F)c2)cc(C(F)(F)F)c1. The molecule has 0 saturated carbocycles. The number of aromatic nitrogens is 1. The van der Waals surface area contributed by atoms with Crippen LogP contribution in [0.1, 0.15) is 50.1 Å². The van der Waals surface area contributed by atoms with Crippen LogP contribution in [0.15, 0.2) is 132 Å². The molecule has 0 aliphatic heterocycles. The summed E-state index contributed by atoms with van der Waals surface area (Å²) in [7, 11) is 0. The molecule has 1 aromatic heterocycles. The summed E-state index contributed by atoms with van der Waals surface area (Å²) < 4.78 is 344. The molecule has 0 N–H and O–H groups in total. The molecule has 0 atom stereocenters. The molecule has 1 heterocycles. The third kappa shape index (κ3) is 13.4. The van der Waals surface area contributed by atoms with Crippen LogP contribution in [-0.4, -0.2) is 6.15 Å². The third-order valence-electron chi connectivity index (χ3n) is 10.5. The molecule has 0 aliphatic rings. The van der Waals surface area contributed by atoms with Gasteiger partial charge in [-0.1, -0.05) is 82.7 Å². The largest absolute Gasteiger partial charge is 0.416 e. The van der Waals surface area contributed by atoms with Gasteiger partial charge in [-0.2, -0.15) is 127 Å². The van der Waals surface area contributed by atoms with Gasteiger partial charge in [0.05, 0.1) is 44.5 Å². The van der Waals surface area contributed by atoms with Crippen molar-refractivity contribution >= 4 is 43.9 Å². The van der Waals surface area contributed by atoms with E-state index in [2.05, 4.69) is 57.2 Å². The lowest BCUT2D eigenvalue weighted by atomic mass is 9.12. The number of pyridine rings is 1. The number of hydrogen-bond donors (Lipinski definition) is 0. The summed E-state index contributed by atoms with van der Waals surface area (Å²) in [5.74, 6) is 0. The van der Waals surface area contributed by atoms with Crippen molar-refractivity contribution in [2.75, 3.05) is 0 Å². The molecule has 1 nitrogen and oxygen atoms in total. The molecule has 5 aromatic carbocycles. The van der Waals surface area contributed by atoms with E-state index < -0.39 is 195 Å². The van der Waals surface area contributed by atoms with Crippen LogP contribution in [0.25, 0.3) is 0 Å². The summed E-state index contributed by atoms with van der Waals surface area (Å²) in [4.78, 5) is 0. The minimum absolute atomic E-state index is 0.691. The average molecular weight is 1110 g/mol. The Kier molecular flexibility index (Phi) is 15.2. The van der Waals surface area contributed by atoms with Crippen molar-refractivity contribution < 1.29 is 110 Å². The highest BCUT2D eigenvalue weighted by Crippen LogP contribution is 2.41. The van der Waals surface area contributed by atoms with Crippen LogP contribution in [0.3, 0.4) is 0 Å². The van der Waals surface area contributed by atoms with Gasteiger partial charge in [-0.3, -0.25) is 0 Å². The number of hydrogen-bond acceptors (Lipinski definition) is 0. The molecule has 0 radical (unpaired) electrons. The van der Waals surface area contributed by atoms with Gasteiger partial charge in [-0.05, 0) is 36.4 Å². The fourth-order valence-electron chi connectivity index (χ4n) is 7.41. The van der Waals surface area contributed by atoms with Crippen LogP contribution in [0, 0.1) is 0 Å². The second kappa shape index (κ2) is 19.3. The van der Waals surface area contributed by atoms with Crippen molar-refractivity contribution in [3.63, 3.8) is 0 Å². The first-order valence-electron chi connectivity index (χ1n) is 19.1. The molecule has 6 aromatic rings. The summed E-state index contributed by atoms with van der Waals surface area (Å²) >= 11 is 3.42. The van der Waals surface area contributed by atoms with Gasteiger partial charge in [0.15, 0.2) is 18.9 Å². The lowest BCUT2D eigenvalue weighted by Gasteiger charge is -2.46. The molecule has 0 fully saturated rings. The van der Waals surface area contributed by atoms with E-state index in [1.807, 2.05) is 18.2 Å². The van der Waals surface area contributed by atoms with E-state index in [-0.39, 0.29) is 0 Å². The molecule has 0 bridgehead atoms. The highest BCUT2D eigenvalue weighted by atomic mass is 79.9. The van der Waals surface area contributed by atoms with E-state index in [0.29, 0.717) is 0 Å². The van der Waals surface area contributed by atoms with Crippen molar-refractivity contribution in [1.82, 2.24) is 0 Å². The van der Waals surface area contributed by atoms with Crippen LogP contribution < -0.4 is 26.4 Å². The van der Waals surface area contributed by atoms with Crippen LogP contribution in [-0.2, 0) is 56.0 Å². The zero-order valence-electron chi connectivity index (χ0n) is 34.3. The Labute approximate surface area is 391 Å². The van der Waals surface area contributed by atoms with Gasteiger partial charge in [0.1, 0.15) is 6.15 Å². The van der Waals surface area contributed by atoms with Gasteiger partial charge >= 0.3 is 49.4 Å². The zero-order chi connectivity index (χ0) is 53.7. The number of halogens is 25. The molecular weight excluding hydrogens is 1090 g/mol. The molecule has 27 heteroatoms. The maximum atomic E-state index is 14.2. The highest BCUT2D eigenvalue weighted by molar-refractivity contribution is 9.10. The lowest BCUT2D eigenvalue weighted by molar-refractivity contribution is -0.688. The molecule has 382 valence electrons. The maximum absolute atomic E-state index is 14.2. The quantitative estimate of drug-likeness (QED) is 0.0889. The van der Waals surface area contributed by atoms with Gasteiger partial charge in [0.2, 0.25) is 0 Å². The van der Waals surface area contributed by atoms with Crippen molar-refractivity contribution in [2.24, 2.45) is 0 Å². The third-order valence-corrected chi connectivity index (χ3v) is 11.0. The van der Waals surface area contributed by atoms with E-state index >= 15 is 0 Å². The Morgan fingerprint density at radius 3 is 0.718 bits per heavy atom. The molecule has 0 spiro atoms. The lowest BCUT2D eigenvalue weighted by Crippen LogP contribution is -2.75.